The highest BCUT2D eigenvalue weighted by molar-refractivity contribution is 6.33. The van der Waals surface area contributed by atoms with Gasteiger partial charge in [-0.2, -0.15) is 0 Å². The number of benzene rings is 1. The van der Waals surface area contributed by atoms with Crippen LogP contribution < -0.4 is 10.6 Å². The van der Waals surface area contributed by atoms with Crippen molar-refractivity contribution < 1.29 is 0 Å². The number of nitrogens with two attached hydrogens (primary N) is 1. The maximum absolute atomic E-state index is 6.33. The molecule has 0 saturated carbocycles. The first-order valence-electron chi connectivity index (χ1n) is 6.06. The molecule has 2 rings (SSSR count). The minimum absolute atomic E-state index is 0.471. The third kappa shape index (κ3) is 2.57. The van der Waals surface area contributed by atoms with Gasteiger partial charge in [0.25, 0.3) is 0 Å². The van der Waals surface area contributed by atoms with Crippen LogP contribution in [0.15, 0.2) is 18.2 Å². The molecule has 0 aromatic heterocycles. The van der Waals surface area contributed by atoms with Crippen molar-refractivity contribution in [3.8, 4) is 0 Å². The fourth-order valence-electron chi connectivity index (χ4n) is 2.52. The van der Waals surface area contributed by atoms with E-state index in [2.05, 4.69) is 29.8 Å². The molecule has 1 atom stereocenters. The highest BCUT2D eigenvalue weighted by atomic mass is 35.5. The lowest BCUT2D eigenvalue weighted by atomic mass is 10.1. The molecule has 1 aliphatic heterocycles. The van der Waals surface area contributed by atoms with Gasteiger partial charge in [-0.1, -0.05) is 23.7 Å². The first-order chi connectivity index (χ1) is 8.13. The van der Waals surface area contributed by atoms with Crippen molar-refractivity contribution in [2.45, 2.75) is 19.5 Å². The number of para-hydroxylation sites is 1. The predicted molar refractivity (Wildman–Crippen MR) is 73.6 cm³/mol. The number of nitrogens with zero attached hydrogens (tertiary/aromatic N) is 2. The minimum Gasteiger partial charge on any atom is -0.365 e. The van der Waals surface area contributed by atoms with E-state index in [0.29, 0.717) is 12.6 Å². The number of anilines is 1. The number of likely N-dealkylation sites (N-methyl/N-ethyl adjacent to an activating group) is 1. The van der Waals surface area contributed by atoms with E-state index >= 15 is 0 Å². The zero-order valence-corrected chi connectivity index (χ0v) is 11.2. The number of halogens is 1. The van der Waals surface area contributed by atoms with Crippen LogP contribution in [-0.2, 0) is 6.54 Å². The van der Waals surface area contributed by atoms with Gasteiger partial charge in [0, 0.05) is 32.2 Å². The van der Waals surface area contributed by atoms with Gasteiger partial charge in [0.2, 0.25) is 0 Å². The molecule has 0 amide bonds. The summed E-state index contributed by atoms with van der Waals surface area (Å²) in [5.41, 5.74) is 8.06. The lowest BCUT2D eigenvalue weighted by molar-refractivity contribution is 0.275. The Morgan fingerprint density at radius 3 is 2.82 bits per heavy atom. The SMILES string of the molecule is CC1CN(C)CCN1c1c(Cl)cccc1CN. The quantitative estimate of drug-likeness (QED) is 0.874. The lowest BCUT2D eigenvalue weighted by Gasteiger charge is -2.41. The van der Waals surface area contributed by atoms with Gasteiger partial charge in [0.05, 0.1) is 10.7 Å². The summed E-state index contributed by atoms with van der Waals surface area (Å²) in [6.07, 6.45) is 0. The van der Waals surface area contributed by atoms with Gasteiger partial charge >= 0.3 is 0 Å². The average Bonchev–Trinajstić information content (AvgIpc) is 2.30. The number of hydrogen-bond donors (Lipinski definition) is 1. The Labute approximate surface area is 108 Å². The second kappa shape index (κ2) is 5.25. The van der Waals surface area contributed by atoms with Crippen LogP contribution in [0.4, 0.5) is 5.69 Å². The number of rotatable bonds is 2. The standard InChI is InChI=1S/C13H20ClN3/c1-10-9-16(2)6-7-17(10)13-11(8-15)4-3-5-12(13)14/h3-5,10H,6-9,15H2,1-2H3. The smallest absolute Gasteiger partial charge is 0.0643 e. The molecular weight excluding hydrogens is 234 g/mol. The van der Waals surface area contributed by atoms with Gasteiger partial charge in [-0.25, -0.2) is 0 Å². The van der Waals surface area contributed by atoms with Gasteiger partial charge in [0.15, 0.2) is 0 Å². The summed E-state index contributed by atoms with van der Waals surface area (Å²) in [7, 11) is 2.16. The first-order valence-corrected chi connectivity index (χ1v) is 6.44. The summed E-state index contributed by atoms with van der Waals surface area (Å²) in [6.45, 7) is 5.91. The minimum atomic E-state index is 0.471. The van der Waals surface area contributed by atoms with E-state index in [1.54, 1.807) is 0 Å². The molecule has 2 N–H and O–H groups in total. The Hall–Kier alpha value is -0.770. The van der Waals surface area contributed by atoms with E-state index in [1.165, 1.54) is 0 Å². The molecular formula is C13H20ClN3. The highest BCUT2D eigenvalue weighted by Gasteiger charge is 2.24. The fourth-order valence-corrected chi connectivity index (χ4v) is 2.82. The summed E-state index contributed by atoms with van der Waals surface area (Å²) >= 11 is 6.33. The van der Waals surface area contributed by atoms with Crippen molar-refractivity contribution in [1.82, 2.24) is 4.90 Å². The highest BCUT2D eigenvalue weighted by Crippen LogP contribution is 2.32. The van der Waals surface area contributed by atoms with Crippen LogP contribution in [0.5, 0.6) is 0 Å². The van der Waals surface area contributed by atoms with Crippen LogP contribution in [0.25, 0.3) is 0 Å². The molecule has 1 unspecified atom stereocenters. The van der Waals surface area contributed by atoms with E-state index in [0.717, 1.165) is 35.9 Å². The Bertz CT molecular complexity index is 394. The molecule has 0 spiro atoms. The van der Waals surface area contributed by atoms with Gasteiger partial charge in [0.1, 0.15) is 0 Å². The van der Waals surface area contributed by atoms with E-state index < -0.39 is 0 Å². The Morgan fingerprint density at radius 2 is 2.18 bits per heavy atom. The van der Waals surface area contributed by atoms with Crippen LogP contribution in [0, 0.1) is 0 Å². The lowest BCUT2D eigenvalue weighted by Crippen LogP contribution is -2.51. The van der Waals surface area contributed by atoms with Crippen LogP contribution in [0.2, 0.25) is 5.02 Å². The van der Waals surface area contributed by atoms with Gasteiger partial charge < -0.3 is 15.5 Å². The summed E-state index contributed by atoms with van der Waals surface area (Å²) in [6, 6.07) is 6.45. The number of piperazine rings is 1. The Morgan fingerprint density at radius 1 is 1.41 bits per heavy atom. The van der Waals surface area contributed by atoms with E-state index in [-0.39, 0.29) is 0 Å². The normalized spacial score (nSPS) is 21.9. The molecule has 1 heterocycles. The van der Waals surface area contributed by atoms with Gasteiger partial charge in [-0.15, -0.1) is 0 Å². The monoisotopic (exact) mass is 253 g/mol. The van der Waals surface area contributed by atoms with E-state index in [9.17, 15) is 0 Å². The summed E-state index contributed by atoms with van der Waals surface area (Å²) in [4.78, 5) is 4.73. The Balaban J connectivity index is 2.33. The van der Waals surface area contributed by atoms with Crippen molar-refractivity contribution >= 4 is 17.3 Å². The van der Waals surface area contributed by atoms with Gasteiger partial charge in [-0.3, -0.25) is 0 Å². The van der Waals surface area contributed by atoms with E-state index in [1.807, 2.05) is 12.1 Å². The van der Waals surface area contributed by atoms with Crippen molar-refractivity contribution in [1.29, 1.82) is 0 Å². The molecule has 0 aliphatic carbocycles. The topological polar surface area (TPSA) is 32.5 Å². The zero-order chi connectivity index (χ0) is 12.4. The third-order valence-corrected chi connectivity index (χ3v) is 3.71. The second-order valence-electron chi connectivity index (χ2n) is 4.76. The van der Waals surface area contributed by atoms with Crippen molar-refractivity contribution in [2.75, 3.05) is 31.6 Å². The second-order valence-corrected chi connectivity index (χ2v) is 5.16. The maximum atomic E-state index is 6.33. The van der Waals surface area contributed by atoms with Gasteiger partial charge in [-0.05, 0) is 25.6 Å². The van der Waals surface area contributed by atoms with Crippen molar-refractivity contribution in [2.24, 2.45) is 5.73 Å². The average molecular weight is 254 g/mol. The summed E-state index contributed by atoms with van der Waals surface area (Å²) < 4.78 is 0. The molecule has 1 fully saturated rings. The molecule has 4 heteroatoms. The largest absolute Gasteiger partial charge is 0.365 e. The zero-order valence-electron chi connectivity index (χ0n) is 10.5. The van der Waals surface area contributed by atoms with Crippen LogP contribution in [-0.4, -0.2) is 37.6 Å². The molecule has 94 valence electrons. The van der Waals surface area contributed by atoms with Crippen LogP contribution in [0.3, 0.4) is 0 Å². The molecule has 0 radical (unpaired) electrons. The molecule has 1 aliphatic rings. The molecule has 1 aromatic rings. The molecule has 17 heavy (non-hydrogen) atoms. The summed E-state index contributed by atoms with van der Waals surface area (Å²) in [5, 5.41) is 0.810. The van der Waals surface area contributed by atoms with Crippen LogP contribution >= 0.6 is 11.6 Å². The third-order valence-electron chi connectivity index (χ3n) is 3.41. The molecule has 1 aromatic carbocycles. The van der Waals surface area contributed by atoms with E-state index in [4.69, 9.17) is 17.3 Å². The molecule has 3 nitrogen and oxygen atoms in total. The molecule has 1 saturated heterocycles. The Kier molecular flexibility index (Phi) is 3.92. The van der Waals surface area contributed by atoms with Crippen molar-refractivity contribution in [3.05, 3.63) is 28.8 Å². The molecule has 0 bridgehead atoms. The maximum Gasteiger partial charge on any atom is 0.0643 e. The van der Waals surface area contributed by atoms with Crippen molar-refractivity contribution in [3.63, 3.8) is 0 Å². The first kappa shape index (κ1) is 12.7. The van der Waals surface area contributed by atoms with Crippen LogP contribution in [0.1, 0.15) is 12.5 Å². The summed E-state index contributed by atoms with van der Waals surface area (Å²) in [5.74, 6) is 0. The fraction of sp³-hybridized carbons (Fsp3) is 0.538. The number of hydrogen-bond acceptors (Lipinski definition) is 3. The predicted octanol–water partition coefficient (Wildman–Crippen LogP) is 1.94.